The Morgan fingerprint density at radius 3 is 2.90 bits per heavy atom. The Morgan fingerprint density at radius 2 is 2.20 bits per heavy atom. The fraction of sp³-hybridized carbons (Fsp3) is 0.333. The van der Waals surface area contributed by atoms with Crippen molar-refractivity contribution >= 4 is 28.2 Å². The van der Waals surface area contributed by atoms with E-state index in [0.29, 0.717) is 5.69 Å². The van der Waals surface area contributed by atoms with Gasteiger partial charge in [0.15, 0.2) is 0 Å². The van der Waals surface area contributed by atoms with Crippen LogP contribution in [0.2, 0.25) is 0 Å². The highest BCUT2D eigenvalue weighted by Gasteiger charge is 2.29. The van der Waals surface area contributed by atoms with Gasteiger partial charge in [-0.25, -0.2) is 0 Å². The molecule has 3 N–H and O–H groups in total. The molecule has 1 fully saturated rings. The van der Waals surface area contributed by atoms with Crippen molar-refractivity contribution in [1.29, 1.82) is 0 Å². The molecule has 1 atom stereocenters. The number of nitrogens with one attached hydrogen (secondary N) is 1. The zero-order chi connectivity index (χ0) is 14.3. The van der Waals surface area contributed by atoms with Gasteiger partial charge in [-0.3, -0.25) is 9.78 Å². The van der Waals surface area contributed by atoms with Crippen molar-refractivity contribution in [3.05, 3.63) is 30.0 Å². The summed E-state index contributed by atoms with van der Waals surface area (Å²) in [5.74, 6) is 0.136. The predicted molar refractivity (Wildman–Crippen MR) is 80.6 cm³/mol. The highest BCUT2D eigenvalue weighted by Crippen LogP contribution is 2.27. The third kappa shape index (κ3) is 2.15. The molecule has 0 bridgehead atoms. The Balaban J connectivity index is 2.02. The lowest BCUT2D eigenvalue weighted by Crippen LogP contribution is -2.31. The third-order valence-corrected chi connectivity index (χ3v) is 3.72. The van der Waals surface area contributed by atoms with Gasteiger partial charge in [0.1, 0.15) is 6.04 Å². The van der Waals surface area contributed by atoms with E-state index >= 15 is 0 Å². The first-order chi connectivity index (χ1) is 9.54. The summed E-state index contributed by atoms with van der Waals surface area (Å²) in [6.45, 7) is 2.74. The molecule has 1 amide bonds. The van der Waals surface area contributed by atoms with Gasteiger partial charge in [-0.1, -0.05) is 0 Å². The number of pyridine rings is 1. The van der Waals surface area contributed by atoms with E-state index in [-0.39, 0.29) is 11.9 Å². The summed E-state index contributed by atoms with van der Waals surface area (Å²) in [5, 5.41) is 4.30. The number of hydrogen-bond donors (Lipinski definition) is 2. The molecule has 1 saturated heterocycles. The molecule has 0 radical (unpaired) electrons. The number of fused-ring (bicyclic) bond motifs is 1. The fourth-order valence-corrected chi connectivity index (χ4v) is 2.64. The number of amides is 1. The van der Waals surface area contributed by atoms with Gasteiger partial charge < -0.3 is 16.0 Å². The second-order valence-electron chi connectivity index (χ2n) is 5.33. The van der Waals surface area contributed by atoms with Crippen LogP contribution in [0.25, 0.3) is 10.9 Å². The maximum atomic E-state index is 12.0. The Labute approximate surface area is 117 Å². The smallest absolute Gasteiger partial charge is 0.244 e. The molecule has 2 aromatic rings. The number of aromatic nitrogens is 1. The maximum absolute atomic E-state index is 12.0. The van der Waals surface area contributed by atoms with Crippen molar-refractivity contribution in [3.63, 3.8) is 0 Å². The first-order valence-electron chi connectivity index (χ1n) is 6.73. The normalized spacial score (nSPS) is 18.8. The van der Waals surface area contributed by atoms with Crippen LogP contribution in [0.15, 0.2) is 24.3 Å². The van der Waals surface area contributed by atoms with Crippen LogP contribution in [-0.2, 0) is 4.79 Å². The highest BCUT2D eigenvalue weighted by atomic mass is 16.2. The Kier molecular flexibility index (Phi) is 2.97. The number of carbonyl (C=O) groups excluding carboxylic acids is 1. The lowest BCUT2D eigenvalue weighted by molar-refractivity contribution is -0.127. The first-order valence-corrected chi connectivity index (χ1v) is 6.73. The van der Waals surface area contributed by atoms with E-state index in [1.54, 1.807) is 4.90 Å². The number of carbonyl (C=O) groups is 1. The molecule has 1 unspecified atom stereocenters. The van der Waals surface area contributed by atoms with Crippen LogP contribution in [0.3, 0.4) is 0 Å². The van der Waals surface area contributed by atoms with Crippen molar-refractivity contribution in [2.45, 2.75) is 19.4 Å². The molecule has 1 aliphatic rings. The number of aryl methyl sites for hydroxylation is 1. The minimum absolute atomic E-state index is 0.136. The van der Waals surface area contributed by atoms with Gasteiger partial charge in [-0.05, 0) is 37.6 Å². The van der Waals surface area contributed by atoms with Crippen molar-refractivity contribution < 1.29 is 4.79 Å². The van der Waals surface area contributed by atoms with E-state index in [0.717, 1.165) is 35.2 Å². The van der Waals surface area contributed by atoms with Crippen molar-refractivity contribution in [2.75, 3.05) is 24.6 Å². The predicted octanol–water partition coefficient (Wildman–Crippen LogP) is 1.77. The van der Waals surface area contributed by atoms with E-state index in [1.807, 2.05) is 38.2 Å². The molecule has 5 heteroatoms. The SMILES string of the molecule is Cc1cc(NC2CCN(C)C2=O)c2cc(N)ccc2n1. The molecule has 0 aliphatic carbocycles. The molecule has 20 heavy (non-hydrogen) atoms. The van der Waals surface area contributed by atoms with Gasteiger partial charge >= 0.3 is 0 Å². The fourth-order valence-electron chi connectivity index (χ4n) is 2.64. The third-order valence-electron chi connectivity index (χ3n) is 3.72. The summed E-state index contributed by atoms with van der Waals surface area (Å²) >= 11 is 0. The lowest BCUT2D eigenvalue weighted by Gasteiger charge is -2.16. The van der Waals surface area contributed by atoms with Crippen LogP contribution in [0.1, 0.15) is 12.1 Å². The Bertz CT molecular complexity index is 683. The van der Waals surface area contributed by atoms with Crippen LogP contribution in [0.4, 0.5) is 11.4 Å². The zero-order valence-corrected chi connectivity index (χ0v) is 11.7. The molecular weight excluding hydrogens is 252 g/mol. The topological polar surface area (TPSA) is 71.2 Å². The highest BCUT2D eigenvalue weighted by molar-refractivity contribution is 5.96. The Morgan fingerprint density at radius 1 is 1.40 bits per heavy atom. The summed E-state index contributed by atoms with van der Waals surface area (Å²) in [6, 6.07) is 7.45. The molecule has 1 aliphatic heterocycles. The van der Waals surface area contributed by atoms with E-state index in [1.165, 1.54) is 0 Å². The van der Waals surface area contributed by atoms with Gasteiger partial charge in [0, 0.05) is 36.0 Å². The molecule has 5 nitrogen and oxygen atoms in total. The molecule has 104 valence electrons. The van der Waals surface area contributed by atoms with Gasteiger partial charge in [0.2, 0.25) is 5.91 Å². The zero-order valence-electron chi connectivity index (χ0n) is 11.7. The quantitative estimate of drug-likeness (QED) is 0.816. The minimum Gasteiger partial charge on any atom is -0.399 e. The van der Waals surface area contributed by atoms with Crippen LogP contribution < -0.4 is 11.1 Å². The number of anilines is 2. The number of nitrogen functional groups attached to an aromatic ring is 1. The second kappa shape index (κ2) is 4.67. The molecule has 0 saturated carbocycles. The van der Waals surface area contributed by atoms with Crippen molar-refractivity contribution in [3.8, 4) is 0 Å². The molecule has 1 aromatic heterocycles. The van der Waals surface area contributed by atoms with E-state index in [9.17, 15) is 4.79 Å². The maximum Gasteiger partial charge on any atom is 0.244 e. The van der Waals surface area contributed by atoms with E-state index in [4.69, 9.17) is 5.73 Å². The van der Waals surface area contributed by atoms with Gasteiger partial charge in [0.25, 0.3) is 0 Å². The molecule has 2 heterocycles. The van der Waals surface area contributed by atoms with Gasteiger partial charge in [-0.15, -0.1) is 0 Å². The van der Waals surface area contributed by atoms with Crippen molar-refractivity contribution in [2.24, 2.45) is 0 Å². The number of hydrogen-bond acceptors (Lipinski definition) is 4. The average molecular weight is 270 g/mol. The number of rotatable bonds is 2. The summed E-state index contributed by atoms with van der Waals surface area (Å²) in [5.41, 5.74) is 9.29. The van der Waals surface area contributed by atoms with Crippen LogP contribution in [0.5, 0.6) is 0 Å². The van der Waals surface area contributed by atoms with Gasteiger partial charge in [0.05, 0.1) is 5.52 Å². The molecule has 1 aromatic carbocycles. The van der Waals surface area contributed by atoms with Crippen molar-refractivity contribution in [1.82, 2.24) is 9.88 Å². The van der Waals surface area contributed by atoms with Gasteiger partial charge in [-0.2, -0.15) is 0 Å². The monoisotopic (exact) mass is 270 g/mol. The Hall–Kier alpha value is -2.30. The number of likely N-dealkylation sites (N-methyl/N-ethyl adjacent to an activating group) is 1. The van der Waals surface area contributed by atoms with Crippen LogP contribution in [-0.4, -0.2) is 35.4 Å². The summed E-state index contributed by atoms with van der Waals surface area (Å²) < 4.78 is 0. The molecule has 3 rings (SSSR count). The second-order valence-corrected chi connectivity index (χ2v) is 5.33. The molecular formula is C15H18N4O. The average Bonchev–Trinajstić information content (AvgIpc) is 2.71. The standard InChI is InChI=1S/C15H18N4O/c1-9-7-14(18-13-5-6-19(2)15(13)20)11-8-10(16)3-4-12(11)17-9/h3-4,7-8,13H,5-6,16H2,1-2H3,(H,17,18). The first kappa shape index (κ1) is 12.7. The minimum atomic E-state index is -0.161. The number of nitrogens with two attached hydrogens (primary N) is 1. The lowest BCUT2D eigenvalue weighted by atomic mass is 10.1. The summed E-state index contributed by atoms with van der Waals surface area (Å²) in [7, 11) is 1.83. The number of nitrogens with zero attached hydrogens (tertiary/aromatic N) is 2. The van der Waals surface area contributed by atoms with E-state index in [2.05, 4.69) is 10.3 Å². The summed E-state index contributed by atoms with van der Waals surface area (Å²) in [6.07, 6.45) is 0.820. The summed E-state index contributed by atoms with van der Waals surface area (Å²) in [4.78, 5) is 18.3. The number of benzene rings is 1. The molecule has 0 spiro atoms. The number of likely N-dealkylation sites (tertiary alicyclic amines) is 1. The van der Waals surface area contributed by atoms with Crippen LogP contribution >= 0.6 is 0 Å². The van der Waals surface area contributed by atoms with E-state index < -0.39 is 0 Å². The van der Waals surface area contributed by atoms with Crippen LogP contribution in [0, 0.1) is 6.92 Å². The largest absolute Gasteiger partial charge is 0.399 e.